The lowest BCUT2D eigenvalue weighted by molar-refractivity contribution is -0.124. The summed E-state index contributed by atoms with van der Waals surface area (Å²) in [5.41, 5.74) is 5.95. The minimum atomic E-state index is -0.232. The molecule has 3 heterocycles. The average molecular weight is 585 g/mol. The molecular formula is C35H36N8O. The molecule has 0 radical (unpaired) electrons. The van der Waals surface area contributed by atoms with Crippen LogP contribution in [0.4, 0.5) is 0 Å². The fourth-order valence-corrected chi connectivity index (χ4v) is 6.30. The highest BCUT2D eigenvalue weighted by Gasteiger charge is 2.33. The van der Waals surface area contributed by atoms with E-state index < -0.39 is 0 Å². The summed E-state index contributed by atoms with van der Waals surface area (Å²) in [4.78, 5) is 23.1. The van der Waals surface area contributed by atoms with E-state index in [1.807, 2.05) is 69.1 Å². The number of hydrogen-bond donors (Lipinski definition) is 1. The van der Waals surface area contributed by atoms with Crippen LogP contribution >= 0.6 is 0 Å². The molecule has 6 rings (SSSR count). The van der Waals surface area contributed by atoms with Crippen LogP contribution < -0.4 is 5.32 Å². The number of amides is 1. The van der Waals surface area contributed by atoms with Crippen molar-refractivity contribution in [3.05, 3.63) is 108 Å². The van der Waals surface area contributed by atoms with Gasteiger partial charge in [0, 0.05) is 51.2 Å². The lowest BCUT2D eigenvalue weighted by Crippen LogP contribution is -2.35. The van der Waals surface area contributed by atoms with Crippen LogP contribution in [0.15, 0.2) is 85.5 Å². The van der Waals surface area contributed by atoms with Gasteiger partial charge in [0.2, 0.25) is 5.91 Å². The summed E-state index contributed by atoms with van der Waals surface area (Å²) >= 11 is 0. The van der Waals surface area contributed by atoms with Crippen molar-refractivity contribution < 1.29 is 4.79 Å². The minimum absolute atomic E-state index is 0.0712. The second-order valence-corrected chi connectivity index (χ2v) is 11.7. The predicted molar refractivity (Wildman–Crippen MR) is 168 cm³/mol. The molecule has 3 aromatic heterocycles. The Morgan fingerprint density at radius 1 is 0.977 bits per heavy atom. The van der Waals surface area contributed by atoms with Gasteiger partial charge in [-0.2, -0.15) is 15.5 Å². The summed E-state index contributed by atoms with van der Waals surface area (Å²) in [6, 6.07) is 22.5. The number of aromatic nitrogens is 6. The lowest BCUT2D eigenvalue weighted by Gasteiger charge is -2.33. The molecular weight excluding hydrogens is 548 g/mol. The van der Waals surface area contributed by atoms with E-state index in [-0.39, 0.29) is 17.7 Å². The Morgan fingerprint density at radius 3 is 2.41 bits per heavy atom. The van der Waals surface area contributed by atoms with Gasteiger partial charge >= 0.3 is 0 Å². The molecule has 0 saturated heterocycles. The third-order valence-electron chi connectivity index (χ3n) is 8.65. The van der Waals surface area contributed by atoms with Crippen LogP contribution in [-0.2, 0) is 31.9 Å². The van der Waals surface area contributed by atoms with Gasteiger partial charge in [-0.3, -0.25) is 14.2 Å². The molecule has 1 fully saturated rings. The van der Waals surface area contributed by atoms with E-state index in [0.29, 0.717) is 29.4 Å². The van der Waals surface area contributed by atoms with Crippen LogP contribution in [0.1, 0.15) is 54.1 Å². The standard InChI is InChI=1S/C35H36N8O/c1-42-17-16-31(41-42)34-29(19-36)21-37-32(40-34)18-24-8-10-27(11-9-24)33(35(44)38-20-25-6-4-3-5-7-25)28-14-12-26(13-15-28)30-22-39-43(2)23-30/h3-7,12-17,21-24,27,33H,8-11,18,20H2,1-2H3,(H,38,44). The Labute approximate surface area is 257 Å². The average Bonchev–Trinajstić information content (AvgIpc) is 3.70. The zero-order chi connectivity index (χ0) is 30.5. The first-order chi connectivity index (χ1) is 21.5. The van der Waals surface area contributed by atoms with Crippen LogP contribution in [0.2, 0.25) is 0 Å². The van der Waals surface area contributed by atoms with Crippen LogP contribution in [0.5, 0.6) is 0 Å². The summed E-state index contributed by atoms with van der Waals surface area (Å²) in [5.74, 6) is 1.22. The smallest absolute Gasteiger partial charge is 0.228 e. The van der Waals surface area contributed by atoms with Crippen molar-refractivity contribution in [1.29, 1.82) is 5.26 Å². The number of nitrogens with zero attached hydrogens (tertiary/aromatic N) is 7. The van der Waals surface area contributed by atoms with Gasteiger partial charge in [0.05, 0.1) is 17.7 Å². The third-order valence-corrected chi connectivity index (χ3v) is 8.65. The van der Waals surface area contributed by atoms with Gasteiger partial charge in [0.1, 0.15) is 23.3 Å². The maximum Gasteiger partial charge on any atom is 0.228 e. The first kappa shape index (κ1) is 29.0. The highest BCUT2D eigenvalue weighted by molar-refractivity contribution is 5.84. The molecule has 1 aliphatic carbocycles. The van der Waals surface area contributed by atoms with E-state index in [4.69, 9.17) is 4.98 Å². The highest BCUT2D eigenvalue weighted by atomic mass is 16.1. The van der Waals surface area contributed by atoms with Gasteiger partial charge in [0.15, 0.2) is 0 Å². The molecule has 1 N–H and O–H groups in total. The molecule has 44 heavy (non-hydrogen) atoms. The number of aryl methyl sites for hydroxylation is 2. The van der Waals surface area contributed by atoms with Crippen LogP contribution in [-0.4, -0.2) is 35.4 Å². The summed E-state index contributed by atoms with van der Waals surface area (Å²) in [6.07, 6.45) is 11.9. The zero-order valence-corrected chi connectivity index (χ0v) is 25.1. The Morgan fingerprint density at radius 2 is 1.75 bits per heavy atom. The molecule has 0 spiro atoms. The first-order valence-corrected chi connectivity index (χ1v) is 15.1. The third kappa shape index (κ3) is 6.60. The number of rotatable bonds is 9. The zero-order valence-electron chi connectivity index (χ0n) is 25.1. The van der Waals surface area contributed by atoms with Gasteiger partial charge in [-0.15, -0.1) is 0 Å². The molecule has 1 atom stereocenters. The largest absolute Gasteiger partial charge is 0.351 e. The van der Waals surface area contributed by atoms with Gasteiger partial charge in [-0.05, 0) is 60.3 Å². The number of nitrogens with one attached hydrogen (secondary N) is 1. The normalized spacial score (nSPS) is 17.1. The van der Waals surface area contributed by atoms with Gasteiger partial charge in [-0.1, -0.05) is 54.6 Å². The molecule has 1 saturated carbocycles. The van der Waals surface area contributed by atoms with Crippen LogP contribution in [0.3, 0.4) is 0 Å². The molecule has 222 valence electrons. The molecule has 9 heteroatoms. The Bertz CT molecular complexity index is 1760. The van der Waals surface area contributed by atoms with E-state index in [9.17, 15) is 10.1 Å². The van der Waals surface area contributed by atoms with Crippen molar-refractivity contribution in [3.8, 4) is 28.6 Å². The van der Waals surface area contributed by atoms with Gasteiger partial charge < -0.3 is 5.32 Å². The summed E-state index contributed by atoms with van der Waals surface area (Å²) in [6.45, 7) is 0.508. The molecule has 1 aliphatic rings. The molecule has 1 unspecified atom stereocenters. The molecule has 5 aromatic rings. The van der Waals surface area contributed by atoms with E-state index in [0.717, 1.165) is 60.2 Å². The number of benzene rings is 2. The summed E-state index contributed by atoms with van der Waals surface area (Å²) in [7, 11) is 3.76. The Hall–Kier alpha value is -5.10. The Kier molecular flexibility index (Phi) is 8.59. The molecule has 1 amide bonds. The van der Waals surface area contributed by atoms with Crippen LogP contribution in [0.25, 0.3) is 22.5 Å². The molecule has 0 bridgehead atoms. The first-order valence-electron chi connectivity index (χ1n) is 15.1. The monoisotopic (exact) mass is 584 g/mol. The summed E-state index contributed by atoms with van der Waals surface area (Å²) in [5, 5.41) is 21.6. The van der Waals surface area contributed by atoms with E-state index in [1.54, 1.807) is 15.6 Å². The topological polar surface area (TPSA) is 114 Å². The van der Waals surface area contributed by atoms with Crippen molar-refractivity contribution in [2.24, 2.45) is 25.9 Å². The molecule has 0 aliphatic heterocycles. The van der Waals surface area contributed by atoms with Crippen molar-refractivity contribution in [3.63, 3.8) is 0 Å². The highest BCUT2D eigenvalue weighted by Crippen LogP contribution is 2.40. The van der Waals surface area contributed by atoms with Crippen molar-refractivity contribution >= 4 is 5.91 Å². The van der Waals surface area contributed by atoms with Crippen molar-refractivity contribution in [2.75, 3.05) is 0 Å². The number of carbonyl (C=O) groups excluding carboxylic acids is 1. The SMILES string of the molecule is Cn1cc(-c2ccc(C(C(=O)NCc3ccccc3)C3CCC(Cc4ncc(C#N)c(-c5ccn(C)n5)n4)CC3)cc2)cn1. The number of hydrogen-bond acceptors (Lipinski definition) is 6. The predicted octanol–water partition coefficient (Wildman–Crippen LogP) is 5.60. The second kappa shape index (κ2) is 13.0. The van der Waals surface area contributed by atoms with Gasteiger partial charge in [0.25, 0.3) is 0 Å². The quantitative estimate of drug-likeness (QED) is 0.241. The summed E-state index contributed by atoms with van der Waals surface area (Å²) < 4.78 is 3.50. The maximum absolute atomic E-state index is 13.8. The fourth-order valence-electron chi connectivity index (χ4n) is 6.30. The van der Waals surface area contributed by atoms with Crippen molar-refractivity contribution in [1.82, 2.24) is 34.8 Å². The number of carbonyl (C=O) groups is 1. The van der Waals surface area contributed by atoms with Crippen LogP contribution in [0, 0.1) is 23.2 Å². The van der Waals surface area contributed by atoms with E-state index in [1.165, 1.54) is 0 Å². The van der Waals surface area contributed by atoms with E-state index in [2.05, 4.69) is 50.8 Å². The maximum atomic E-state index is 13.8. The van der Waals surface area contributed by atoms with Gasteiger partial charge in [-0.25, -0.2) is 9.97 Å². The molecule has 9 nitrogen and oxygen atoms in total. The fraction of sp³-hybridized carbons (Fsp3) is 0.314. The van der Waals surface area contributed by atoms with Crippen molar-refractivity contribution in [2.45, 2.75) is 44.6 Å². The van der Waals surface area contributed by atoms with E-state index >= 15 is 0 Å². The number of nitriles is 1. The molecule has 2 aromatic carbocycles. The Balaban J connectivity index is 1.17. The lowest BCUT2D eigenvalue weighted by atomic mass is 9.72. The minimum Gasteiger partial charge on any atom is -0.351 e. The second-order valence-electron chi connectivity index (χ2n) is 11.7.